The molecule has 1 atom stereocenters. The number of anilines is 1. The van der Waals surface area contributed by atoms with Gasteiger partial charge in [-0.2, -0.15) is 4.37 Å². The number of aryl methyl sites for hydroxylation is 1. The Hall–Kier alpha value is -1.45. The van der Waals surface area contributed by atoms with Gasteiger partial charge in [-0.25, -0.2) is 4.98 Å². The Morgan fingerprint density at radius 1 is 1.15 bits per heavy atom. The SMILES string of the molecule is CCc1nsc(N2CCN(C(=NC)NCC3CN4CCN3CC4)CC2)n1. The van der Waals surface area contributed by atoms with E-state index < -0.39 is 0 Å². The van der Waals surface area contributed by atoms with Crippen molar-refractivity contribution in [3.63, 3.8) is 0 Å². The van der Waals surface area contributed by atoms with Gasteiger partial charge in [0.15, 0.2) is 5.96 Å². The second-order valence-electron chi connectivity index (χ2n) is 7.24. The first-order valence-electron chi connectivity index (χ1n) is 9.76. The van der Waals surface area contributed by atoms with Gasteiger partial charge in [0.05, 0.1) is 0 Å². The summed E-state index contributed by atoms with van der Waals surface area (Å²) < 4.78 is 4.41. The molecule has 9 heteroatoms. The van der Waals surface area contributed by atoms with Crippen LogP contribution < -0.4 is 10.2 Å². The summed E-state index contributed by atoms with van der Waals surface area (Å²) in [6.45, 7) is 13.1. The van der Waals surface area contributed by atoms with Crippen molar-refractivity contribution in [1.29, 1.82) is 0 Å². The van der Waals surface area contributed by atoms with Crippen LogP contribution in [-0.4, -0.2) is 109 Å². The lowest BCUT2D eigenvalue weighted by molar-refractivity contribution is 0.0152. The monoisotopic (exact) mass is 378 g/mol. The van der Waals surface area contributed by atoms with Crippen molar-refractivity contribution in [2.24, 2.45) is 4.99 Å². The van der Waals surface area contributed by atoms with Gasteiger partial charge in [0.1, 0.15) is 5.82 Å². The molecular formula is C17H30N8S. The number of rotatable bonds is 4. The van der Waals surface area contributed by atoms with Crippen molar-refractivity contribution in [2.75, 3.05) is 77.4 Å². The molecule has 4 aliphatic rings. The normalized spacial score (nSPS) is 29.3. The van der Waals surface area contributed by atoms with Crippen LogP contribution in [0.3, 0.4) is 0 Å². The van der Waals surface area contributed by atoms with Gasteiger partial charge in [-0.15, -0.1) is 0 Å². The Morgan fingerprint density at radius 3 is 2.50 bits per heavy atom. The standard InChI is InChI=1S/C17H30N8S/c1-3-15-20-17(26-21-15)25-10-8-24(9-11-25)16(18-2)19-12-14-13-22-4-6-23(14)7-5-22/h14H,3-13H2,1-2H3,(H,18,19). The molecule has 0 saturated carbocycles. The summed E-state index contributed by atoms with van der Waals surface area (Å²) in [6, 6.07) is 0.615. The van der Waals surface area contributed by atoms with Crippen molar-refractivity contribution in [3.8, 4) is 0 Å². The van der Waals surface area contributed by atoms with Crippen molar-refractivity contribution < 1.29 is 0 Å². The van der Waals surface area contributed by atoms with Crippen LogP contribution in [0.5, 0.6) is 0 Å². The molecule has 5 rings (SSSR count). The molecule has 5 heterocycles. The van der Waals surface area contributed by atoms with Crippen molar-refractivity contribution in [3.05, 3.63) is 5.82 Å². The third kappa shape index (κ3) is 3.79. The van der Waals surface area contributed by atoms with Crippen molar-refractivity contribution in [1.82, 2.24) is 29.4 Å². The first-order chi connectivity index (χ1) is 12.8. The molecule has 1 N–H and O–H groups in total. The number of hydrogen-bond acceptors (Lipinski definition) is 7. The number of aromatic nitrogens is 2. The van der Waals surface area contributed by atoms with Crippen LogP contribution in [-0.2, 0) is 6.42 Å². The van der Waals surface area contributed by atoms with Crippen LogP contribution in [0.15, 0.2) is 4.99 Å². The second-order valence-corrected chi connectivity index (χ2v) is 7.97. The van der Waals surface area contributed by atoms with Gasteiger partial charge in [0, 0.05) is 96.5 Å². The molecule has 4 saturated heterocycles. The molecule has 1 aromatic rings. The Morgan fingerprint density at radius 2 is 1.92 bits per heavy atom. The van der Waals surface area contributed by atoms with Gasteiger partial charge in [-0.3, -0.25) is 14.8 Å². The predicted molar refractivity (Wildman–Crippen MR) is 106 cm³/mol. The smallest absolute Gasteiger partial charge is 0.205 e. The molecule has 2 bridgehead atoms. The lowest BCUT2D eigenvalue weighted by Gasteiger charge is -2.47. The average molecular weight is 379 g/mol. The summed E-state index contributed by atoms with van der Waals surface area (Å²) in [6.07, 6.45) is 0.905. The van der Waals surface area contributed by atoms with Crippen molar-refractivity contribution >= 4 is 22.6 Å². The van der Waals surface area contributed by atoms with E-state index in [2.05, 4.69) is 46.2 Å². The molecule has 4 fully saturated rings. The van der Waals surface area contributed by atoms with E-state index in [1.165, 1.54) is 44.3 Å². The minimum Gasteiger partial charge on any atom is -0.355 e. The van der Waals surface area contributed by atoms with Crippen LogP contribution in [0, 0.1) is 0 Å². The highest BCUT2D eigenvalue weighted by atomic mass is 32.1. The summed E-state index contributed by atoms with van der Waals surface area (Å²) in [4.78, 5) is 19.1. The maximum absolute atomic E-state index is 4.62. The third-order valence-electron chi connectivity index (χ3n) is 5.72. The van der Waals surface area contributed by atoms with E-state index in [9.17, 15) is 0 Å². The number of hydrogen-bond donors (Lipinski definition) is 1. The van der Waals surface area contributed by atoms with E-state index in [1.54, 1.807) is 0 Å². The molecule has 8 nitrogen and oxygen atoms in total. The molecular weight excluding hydrogens is 348 g/mol. The van der Waals surface area contributed by atoms with Gasteiger partial charge in [0.25, 0.3) is 0 Å². The number of nitrogens with one attached hydrogen (secondary N) is 1. The van der Waals surface area contributed by atoms with Crippen LogP contribution in [0.4, 0.5) is 5.13 Å². The fourth-order valence-electron chi connectivity index (χ4n) is 4.09. The third-order valence-corrected chi connectivity index (χ3v) is 6.54. The lowest BCUT2D eigenvalue weighted by atomic mass is 10.1. The zero-order valence-electron chi connectivity index (χ0n) is 15.9. The highest BCUT2D eigenvalue weighted by Gasteiger charge is 2.32. The number of piperazine rings is 4. The second kappa shape index (κ2) is 8.06. The van der Waals surface area contributed by atoms with E-state index in [0.29, 0.717) is 6.04 Å². The Labute approximate surface area is 160 Å². The summed E-state index contributed by atoms with van der Waals surface area (Å²) >= 11 is 1.52. The molecule has 0 aromatic carbocycles. The summed E-state index contributed by atoms with van der Waals surface area (Å²) in [7, 11) is 1.89. The Kier molecular flexibility index (Phi) is 5.56. The average Bonchev–Trinajstić information content (AvgIpc) is 3.19. The predicted octanol–water partition coefficient (Wildman–Crippen LogP) is -0.202. The minimum atomic E-state index is 0.615. The highest BCUT2D eigenvalue weighted by Crippen LogP contribution is 2.19. The number of nitrogens with zero attached hydrogens (tertiary/aromatic N) is 7. The maximum Gasteiger partial charge on any atom is 0.205 e. The molecule has 1 unspecified atom stereocenters. The van der Waals surface area contributed by atoms with Gasteiger partial charge < -0.3 is 15.1 Å². The maximum atomic E-state index is 4.62. The number of fused-ring (bicyclic) bond motifs is 3. The van der Waals surface area contributed by atoms with Gasteiger partial charge in [0.2, 0.25) is 5.13 Å². The molecule has 1 aromatic heterocycles. The van der Waals surface area contributed by atoms with E-state index in [4.69, 9.17) is 0 Å². The summed E-state index contributed by atoms with van der Waals surface area (Å²) in [5.41, 5.74) is 0. The molecule has 0 aliphatic carbocycles. The molecule has 0 radical (unpaired) electrons. The minimum absolute atomic E-state index is 0.615. The van der Waals surface area contributed by atoms with Gasteiger partial charge >= 0.3 is 0 Å². The number of guanidine groups is 1. The zero-order chi connectivity index (χ0) is 17.9. The largest absolute Gasteiger partial charge is 0.355 e. The first kappa shape index (κ1) is 17.9. The van der Waals surface area contributed by atoms with Crippen LogP contribution >= 0.6 is 11.5 Å². The van der Waals surface area contributed by atoms with Crippen molar-refractivity contribution in [2.45, 2.75) is 19.4 Å². The Bertz CT molecular complexity index is 616. The summed E-state index contributed by atoms with van der Waals surface area (Å²) in [5.74, 6) is 1.99. The highest BCUT2D eigenvalue weighted by molar-refractivity contribution is 7.09. The van der Waals surface area contributed by atoms with Gasteiger partial charge in [-0.05, 0) is 0 Å². The van der Waals surface area contributed by atoms with Gasteiger partial charge in [-0.1, -0.05) is 6.92 Å². The quantitative estimate of drug-likeness (QED) is 0.575. The van der Waals surface area contributed by atoms with E-state index in [-0.39, 0.29) is 0 Å². The molecule has 144 valence electrons. The first-order valence-corrected chi connectivity index (χ1v) is 10.5. The van der Waals surface area contributed by atoms with E-state index in [0.717, 1.165) is 56.1 Å². The van der Waals surface area contributed by atoms with Crippen LogP contribution in [0.2, 0.25) is 0 Å². The fourth-order valence-corrected chi connectivity index (χ4v) is 4.89. The molecule has 26 heavy (non-hydrogen) atoms. The number of aliphatic imine (C=N–C) groups is 1. The molecule has 0 amide bonds. The molecule has 0 spiro atoms. The van der Waals surface area contributed by atoms with E-state index >= 15 is 0 Å². The van der Waals surface area contributed by atoms with Crippen LogP contribution in [0.25, 0.3) is 0 Å². The summed E-state index contributed by atoms with van der Waals surface area (Å²) in [5, 5.41) is 4.69. The fraction of sp³-hybridized carbons (Fsp3) is 0.824. The topological polar surface area (TPSA) is 63.1 Å². The van der Waals surface area contributed by atoms with Crippen LogP contribution in [0.1, 0.15) is 12.7 Å². The lowest BCUT2D eigenvalue weighted by Crippen LogP contribution is -2.64. The Balaban J connectivity index is 1.27. The zero-order valence-corrected chi connectivity index (χ0v) is 16.7. The molecule has 4 aliphatic heterocycles. The van der Waals surface area contributed by atoms with E-state index in [1.807, 2.05) is 7.05 Å².